The number of phenolic OH excluding ortho intramolecular Hbond substituents is 1. The summed E-state index contributed by atoms with van der Waals surface area (Å²) in [5, 5.41) is 19.8. The zero-order valence-corrected chi connectivity index (χ0v) is 10.1. The van der Waals surface area contributed by atoms with Gasteiger partial charge in [0, 0.05) is 6.20 Å². The molecule has 1 aromatic carbocycles. The van der Waals surface area contributed by atoms with Crippen molar-refractivity contribution < 1.29 is 9.90 Å². The minimum absolute atomic E-state index is 0.0101. The number of rotatable bonds is 3. The number of hydrogen-bond acceptors (Lipinski definition) is 4. The molecular weight excluding hydrogens is 254 g/mol. The molecule has 6 heteroatoms. The van der Waals surface area contributed by atoms with Gasteiger partial charge in [-0.05, 0) is 30.3 Å². The number of phenols is 1. The Hall–Kier alpha value is -2.14. The fourth-order valence-corrected chi connectivity index (χ4v) is 1.58. The summed E-state index contributed by atoms with van der Waals surface area (Å²) in [6, 6.07) is 7.68. The van der Waals surface area contributed by atoms with Crippen LogP contribution in [0.1, 0.15) is 16.1 Å². The van der Waals surface area contributed by atoms with E-state index in [0.29, 0.717) is 5.69 Å². The van der Waals surface area contributed by atoms with Crippen LogP contribution >= 0.6 is 11.6 Å². The van der Waals surface area contributed by atoms with Gasteiger partial charge in [0.25, 0.3) is 5.91 Å². The van der Waals surface area contributed by atoms with Crippen LogP contribution < -0.4 is 5.32 Å². The first-order chi connectivity index (χ1) is 8.66. The van der Waals surface area contributed by atoms with Gasteiger partial charge in [0.05, 0.1) is 22.8 Å². The maximum absolute atomic E-state index is 11.8. The maximum atomic E-state index is 11.8. The van der Waals surface area contributed by atoms with Gasteiger partial charge in [0.2, 0.25) is 0 Å². The highest BCUT2D eigenvalue weighted by atomic mass is 35.5. The Morgan fingerprint density at radius 2 is 2.22 bits per heavy atom. The fraction of sp³-hybridized carbons (Fsp3) is 0.0833. The van der Waals surface area contributed by atoms with E-state index in [1.54, 1.807) is 18.3 Å². The summed E-state index contributed by atoms with van der Waals surface area (Å²) in [6.07, 6.45) is 1.55. The first-order valence-electron chi connectivity index (χ1n) is 5.20. The predicted molar refractivity (Wildman–Crippen MR) is 66.3 cm³/mol. The van der Waals surface area contributed by atoms with Gasteiger partial charge in [-0.3, -0.25) is 4.79 Å². The van der Waals surface area contributed by atoms with Crippen molar-refractivity contribution in [1.29, 1.82) is 0 Å². The van der Waals surface area contributed by atoms with Crippen LogP contribution in [0, 0.1) is 0 Å². The van der Waals surface area contributed by atoms with Crippen LogP contribution in [-0.2, 0) is 6.54 Å². The molecule has 2 N–H and O–H groups in total. The molecule has 0 unspecified atom stereocenters. The summed E-state index contributed by atoms with van der Waals surface area (Å²) in [4.78, 5) is 11.8. The zero-order chi connectivity index (χ0) is 13.0. The molecule has 2 aromatic rings. The Balaban J connectivity index is 2.06. The number of aromatic hydroxyl groups is 1. The Morgan fingerprint density at radius 3 is 2.94 bits per heavy atom. The number of amides is 1. The monoisotopic (exact) mass is 263 g/mol. The van der Waals surface area contributed by atoms with E-state index in [0.717, 1.165) is 0 Å². The lowest BCUT2D eigenvalue weighted by atomic mass is 10.2. The Kier molecular flexibility index (Phi) is 3.74. The Labute approximate surface area is 108 Å². The summed E-state index contributed by atoms with van der Waals surface area (Å²) >= 11 is 5.87. The third kappa shape index (κ3) is 2.95. The van der Waals surface area contributed by atoms with Crippen molar-refractivity contribution >= 4 is 17.5 Å². The van der Waals surface area contributed by atoms with Gasteiger partial charge in [0.1, 0.15) is 5.75 Å². The lowest BCUT2D eigenvalue weighted by Gasteiger charge is -2.06. The lowest BCUT2D eigenvalue weighted by Crippen LogP contribution is -2.23. The van der Waals surface area contributed by atoms with Crippen molar-refractivity contribution in [1.82, 2.24) is 15.5 Å². The maximum Gasteiger partial charge on any atom is 0.253 e. The van der Waals surface area contributed by atoms with E-state index >= 15 is 0 Å². The molecule has 1 amide bonds. The molecular formula is C12H10ClN3O2. The topological polar surface area (TPSA) is 75.1 Å². The number of halogens is 1. The van der Waals surface area contributed by atoms with Crippen molar-refractivity contribution in [2.45, 2.75) is 6.54 Å². The summed E-state index contributed by atoms with van der Waals surface area (Å²) in [5.74, 6) is -0.384. The quantitative estimate of drug-likeness (QED) is 0.885. The second-order valence-electron chi connectivity index (χ2n) is 3.56. The predicted octanol–water partition coefficient (Wildman–Crippen LogP) is 1.77. The number of benzene rings is 1. The first-order valence-corrected chi connectivity index (χ1v) is 5.58. The minimum atomic E-state index is -0.374. The van der Waals surface area contributed by atoms with E-state index in [1.807, 2.05) is 0 Å². The molecule has 1 aromatic heterocycles. The number of aromatic nitrogens is 2. The number of carbonyl (C=O) groups excluding carboxylic acids is 1. The summed E-state index contributed by atoms with van der Waals surface area (Å²) in [5.41, 5.74) is 0.864. The molecule has 5 nitrogen and oxygen atoms in total. The smallest absolute Gasteiger partial charge is 0.253 e. The van der Waals surface area contributed by atoms with Crippen LogP contribution in [0.25, 0.3) is 0 Å². The molecule has 0 bridgehead atoms. The van der Waals surface area contributed by atoms with Crippen molar-refractivity contribution in [2.75, 3.05) is 0 Å². The van der Waals surface area contributed by atoms with Crippen LogP contribution in [0.4, 0.5) is 0 Å². The van der Waals surface area contributed by atoms with E-state index in [-0.39, 0.29) is 28.8 Å². The molecule has 2 rings (SSSR count). The molecule has 0 aliphatic carbocycles. The van der Waals surface area contributed by atoms with Crippen LogP contribution in [0.3, 0.4) is 0 Å². The van der Waals surface area contributed by atoms with Crippen molar-refractivity contribution in [3.05, 3.63) is 52.8 Å². The van der Waals surface area contributed by atoms with Gasteiger partial charge in [-0.25, -0.2) is 0 Å². The van der Waals surface area contributed by atoms with E-state index < -0.39 is 0 Å². The molecule has 0 atom stereocenters. The summed E-state index contributed by atoms with van der Waals surface area (Å²) < 4.78 is 0. The Bertz CT molecular complexity index is 561. The molecule has 18 heavy (non-hydrogen) atoms. The molecule has 0 aliphatic heterocycles. The Morgan fingerprint density at radius 1 is 1.39 bits per heavy atom. The van der Waals surface area contributed by atoms with Gasteiger partial charge in [-0.1, -0.05) is 11.6 Å². The molecule has 0 saturated carbocycles. The van der Waals surface area contributed by atoms with E-state index in [2.05, 4.69) is 15.5 Å². The van der Waals surface area contributed by atoms with Crippen LogP contribution in [0.5, 0.6) is 5.75 Å². The van der Waals surface area contributed by atoms with Gasteiger partial charge < -0.3 is 10.4 Å². The number of nitrogens with one attached hydrogen (secondary N) is 1. The number of carbonyl (C=O) groups is 1. The second kappa shape index (κ2) is 5.46. The highest BCUT2D eigenvalue weighted by Gasteiger charge is 2.11. The standard InChI is InChI=1S/C12H10ClN3O2/c13-11-4-3-9(17)6-10(11)12(18)14-7-8-2-1-5-15-16-8/h1-6,17H,7H2,(H,14,18). The van der Waals surface area contributed by atoms with Crippen molar-refractivity contribution in [3.63, 3.8) is 0 Å². The third-order valence-corrected chi connectivity index (χ3v) is 2.58. The van der Waals surface area contributed by atoms with Gasteiger partial charge in [0.15, 0.2) is 0 Å². The van der Waals surface area contributed by atoms with Crippen LogP contribution in [0.15, 0.2) is 36.5 Å². The van der Waals surface area contributed by atoms with Crippen molar-refractivity contribution in [2.24, 2.45) is 0 Å². The summed E-state index contributed by atoms with van der Waals surface area (Å²) in [6.45, 7) is 0.249. The highest BCUT2D eigenvalue weighted by molar-refractivity contribution is 6.33. The third-order valence-electron chi connectivity index (χ3n) is 2.25. The second-order valence-corrected chi connectivity index (χ2v) is 3.97. The largest absolute Gasteiger partial charge is 0.508 e. The average Bonchev–Trinajstić information content (AvgIpc) is 2.40. The molecule has 92 valence electrons. The number of nitrogens with zero attached hydrogens (tertiary/aromatic N) is 2. The molecule has 0 saturated heterocycles. The minimum Gasteiger partial charge on any atom is -0.508 e. The summed E-state index contributed by atoms with van der Waals surface area (Å²) in [7, 11) is 0. The normalized spacial score (nSPS) is 10.1. The van der Waals surface area contributed by atoms with Gasteiger partial charge >= 0.3 is 0 Å². The van der Waals surface area contributed by atoms with Crippen LogP contribution in [0.2, 0.25) is 5.02 Å². The molecule has 0 spiro atoms. The van der Waals surface area contributed by atoms with Crippen molar-refractivity contribution in [3.8, 4) is 5.75 Å². The van der Waals surface area contributed by atoms with E-state index in [4.69, 9.17) is 11.6 Å². The van der Waals surface area contributed by atoms with Crippen LogP contribution in [-0.4, -0.2) is 21.2 Å². The molecule has 0 aliphatic rings. The highest BCUT2D eigenvalue weighted by Crippen LogP contribution is 2.20. The average molecular weight is 264 g/mol. The fourth-order valence-electron chi connectivity index (χ4n) is 1.38. The van der Waals surface area contributed by atoms with Gasteiger partial charge in [-0.2, -0.15) is 10.2 Å². The SMILES string of the molecule is O=C(NCc1cccnn1)c1cc(O)ccc1Cl. The molecule has 0 fully saturated rings. The van der Waals surface area contributed by atoms with E-state index in [9.17, 15) is 9.90 Å². The first kappa shape index (κ1) is 12.3. The lowest BCUT2D eigenvalue weighted by molar-refractivity contribution is 0.0950. The van der Waals surface area contributed by atoms with Gasteiger partial charge in [-0.15, -0.1) is 0 Å². The number of hydrogen-bond donors (Lipinski definition) is 2. The van der Waals surface area contributed by atoms with E-state index in [1.165, 1.54) is 18.2 Å². The molecule has 1 heterocycles. The zero-order valence-electron chi connectivity index (χ0n) is 9.30. The molecule has 0 radical (unpaired) electrons.